The Hall–Kier alpha value is -1.09. The van der Waals surface area contributed by atoms with Crippen LogP contribution in [0.1, 0.15) is 5.56 Å². The van der Waals surface area contributed by atoms with Gasteiger partial charge in [0.25, 0.3) is 0 Å². The Morgan fingerprint density at radius 2 is 2.09 bits per heavy atom. The van der Waals surface area contributed by atoms with E-state index in [0.717, 1.165) is 11.3 Å². The first-order chi connectivity index (χ1) is 10.5. The van der Waals surface area contributed by atoms with Crippen LogP contribution < -0.4 is 4.72 Å². The summed E-state index contributed by atoms with van der Waals surface area (Å²) in [4.78, 5) is 13.8. The number of carbonyl (C=O) groups excluding carboxylic acids is 1. The molecule has 1 aliphatic rings. The molecule has 0 atom stereocenters. The summed E-state index contributed by atoms with van der Waals surface area (Å²) in [5.41, 5.74) is 0.940. The molecule has 6 nitrogen and oxygen atoms in total. The summed E-state index contributed by atoms with van der Waals surface area (Å²) >= 11 is 1.62. The van der Waals surface area contributed by atoms with Gasteiger partial charge in [-0.2, -0.15) is 11.8 Å². The van der Waals surface area contributed by atoms with Gasteiger partial charge in [0, 0.05) is 18.8 Å². The van der Waals surface area contributed by atoms with E-state index in [9.17, 15) is 13.2 Å². The van der Waals surface area contributed by atoms with E-state index in [1.807, 2.05) is 12.3 Å². The molecular formula is C14H20N2O4S2. The SMILES string of the molecule is CSCc1cccc(S(=O)(=O)NCC(=O)N2CCOCC2)c1. The number of nitrogens with one attached hydrogen (secondary N) is 1. The highest BCUT2D eigenvalue weighted by molar-refractivity contribution is 7.97. The number of hydrogen-bond donors (Lipinski definition) is 1. The van der Waals surface area contributed by atoms with Crippen molar-refractivity contribution in [3.05, 3.63) is 29.8 Å². The van der Waals surface area contributed by atoms with Crippen LogP contribution in [-0.2, 0) is 25.3 Å². The number of nitrogens with zero attached hydrogens (tertiary/aromatic N) is 1. The molecule has 0 saturated carbocycles. The molecule has 1 aromatic rings. The Labute approximate surface area is 135 Å². The minimum atomic E-state index is -3.67. The summed E-state index contributed by atoms with van der Waals surface area (Å²) < 4.78 is 32.1. The predicted octanol–water partition coefficient (Wildman–Crippen LogP) is 0.687. The van der Waals surface area contributed by atoms with E-state index in [1.165, 1.54) is 6.07 Å². The first kappa shape index (κ1) is 17.3. The third-order valence-electron chi connectivity index (χ3n) is 3.30. The third kappa shape index (κ3) is 4.70. The highest BCUT2D eigenvalue weighted by Crippen LogP contribution is 2.15. The summed E-state index contributed by atoms with van der Waals surface area (Å²) in [7, 11) is -3.67. The number of rotatable bonds is 6. The Morgan fingerprint density at radius 3 is 2.77 bits per heavy atom. The molecule has 1 heterocycles. The summed E-state index contributed by atoms with van der Waals surface area (Å²) in [5.74, 6) is 0.517. The van der Waals surface area contributed by atoms with Crippen molar-refractivity contribution in [3.8, 4) is 0 Å². The number of carbonyl (C=O) groups is 1. The second-order valence-corrected chi connectivity index (χ2v) is 7.53. The monoisotopic (exact) mass is 344 g/mol. The largest absolute Gasteiger partial charge is 0.378 e. The van der Waals surface area contributed by atoms with E-state index in [2.05, 4.69) is 4.72 Å². The van der Waals surface area contributed by atoms with E-state index >= 15 is 0 Å². The molecule has 1 aromatic carbocycles. The van der Waals surface area contributed by atoms with Gasteiger partial charge in [-0.1, -0.05) is 12.1 Å². The van der Waals surface area contributed by atoms with E-state index in [4.69, 9.17) is 4.74 Å². The zero-order valence-corrected chi connectivity index (χ0v) is 14.1. The van der Waals surface area contributed by atoms with Gasteiger partial charge in [0.2, 0.25) is 15.9 Å². The fraction of sp³-hybridized carbons (Fsp3) is 0.500. The van der Waals surface area contributed by atoms with Crippen LogP contribution in [0.4, 0.5) is 0 Å². The van der Waals surface area contributed by atoms with Gasteiger partial charge in [0.1, 0.15) is 0 Å². The van der Waals surface area contributed by atoms with Crippen LogP contribution in [0.3, 0.4) is 0 Å². The van der Waals surface area contributed by atoms with Gasteiger partial charge < -0.3 is 9.64 Å². The lowest BCUT2D eigenvalue weighted by molar-refractivity contribution is -0.133. The van der Waals surface area contributed by atoms with Crippen molar-refractivity contribution < 1.29 is 17.9 Å². The molecule has 0 bridgehead atoms. The van der Waals surface area contributed by atoms with Crippen LogP contribution in [0.5, 0.6) is 0 Å². The molecular weight excluding hydrogens is 324 g/mol. The maximum Gasteiger partial charge on any atom is 0.241 e. The summed E-state index contributed by atoms with van der Waals surface area (Å²) in [6.07, 6.45) is 1.96. The highest BCUT2D eigenvalue weighted by atomic mass is 32.2. The van der Waals surface area contributed by atoms with Gasteiger partial charge in [0.05, 0.1) is 24.7 Å². The Kier molecular flexibility index (Phi) is 6.25. The minimum Gasteiger partial charge on any atom is -0.378 e. The zero-order valence-electron chi connectivity index (χ0n) is 12.4. The topological polar surface area (TPSA) is 75.7 Å². The van der Waals surface area contributed by atoms with Crippen molar-refractivity contribution in [2.75, 3.05) is 39.1 Å². The molecule has 0 radical (unpaired) electrons. The van der Waals surface area contributed by atoms with E-state index < -0.39 is 10.0 Å². The number of ether oxygens (including phenoxy) is 1. The van der Waals surface area contributed by atoms with Crippen molar-refractivity contribution in [2.45, 2.75) is 10.6 Å². The quantitative estimate of drug-likeness (QED) is 0.822. The van der Waals surface area contributed by atoms with Gasteiger partial charge in [-0.25, -0.2) is 13.1 Å². The second kappa shape index (κ2) is 7.96. The smallest absolute Gasteiger partial charge is 0.241 e. The van der Waals surface area contributed by atoms with Crippen LogP contribution in [0.15, 0.2) is 29.2 Å². The maximum absolute atomic E-state index is 12.3. The van der Waals surface area contributed by atoms with Crippen LogP contribution >= 0.6 is 11.8 Å². The van der Waals surface area contributed by atoms with Gasteiger partial charge in [-0.3, -0.25) is 4.79 Å². The lowest BCUT2D eigenvalue weighted by Gasteiger charge is -2.26. The number of sulfonamides is 1. The Balaban J connectivity index is 1.98. The van der Waals surface area contributed by atoms with Crippen molar-refractivity contribution in [2.24, 2.45) is 0 Å². The second-order valence-electron chi connectivity index (χ2n) is 4.90. The first-order valence-corrected chi connectivity index (χ1v) is 9.84. The number of hydrogen-bond acceptors (Lipinski definition) is 5. The summed E-state index contributed by atoms with van der Waals surface area (Å²) in [5, 5.41) is 0. The van der Waals surface area contributed by atoms with E-state index in [1.54, 1.807) is 28.8 Å². The summed E-state index contributed by atoms with van der Waals surface area (Å²) in [6, 6.07) is 6.77. The fourth-order valence-corrected chi connectivity index (χ4v) is 3.69. The van der Waals surface area contributed by atoms with Crippen molar-refractivity contribution in [3.63, 3.8) is 0 Å². The molecule has 2 rings (SSSR count). The maximum atomic E-state index is 12.3. The van der Waals surface area contributed by atoms with Gasteiger partial charge in [0.15, 0.2) is 0 Å². The van der Waals surface area contributed by atoms with Crippen LogP contribution in [0.2, 0.25) is 0 Å². The first-order valence-electron chi connectivity index (χ1n) is 6.96. The molecule has 22 heavy (non-hydrogen) atoms. The molecule has 1 fully saturated rings. The fourth-order valence-electron chi connectivity index (χ4n) is 2.13. The van der Waals surface area contributed by atoms with Gasteiger partial charge in [-0.15, -0.1) is 0 Å². The average molecular weight is 344 g/mol. The van der Waals surface area contributed by atoms with Gasteiger partial charge in [-0.05, 0) is 24.0 Å². The number of benzene rings is 1. The molecule has 122 valence electrons. The van der Waals surface area contributed by atoms with Crippen molar-refractivity contribution in [1.29, 1.82) is 0 Å². The van der Waals surface area contributed by atoms with Crippen LogP contribution in [0, 0.1) is 0 Å². The predicted molar refractivity (Wildman–Crippen MR) is 86.2 cm³/mol. The highest BCUT2D eigenvalue weighted by Gasteiger charge is 2.20. The number of thioether (sulfide) groups is 1. The molecule has 1 amide bonds. The number of amides is 1. The van der Waals surface area contributed by atoms with Gasteiger partial charge >= 0.3 is 0 Å². The average Bonchev–Trinajstić information content (AvgIpc) is 2.54. The minimum absolute atomic E-state index is 0.189. The van der Waals surface area contributed by atoms with E-state index in [0.29, 0.717) is 26.3 Å². The molecule has 0 spiro atoms. The molecule has 1 aliphatic heterocycles. The standard InChI is InChI=1S/C14H20N2O4S2/c1-21-11-12-3-2-4-13(9-12)22(18,19)15-10-14(17)16-5-7-20-8-6-16/h2-4,9,15H,5-8,10-11H2,1H3. The van der Waals surface area contributed by atoms with Crippen LogP contribution in [-0.4, -0.2) is 58.3 Å². The normalized spacial score (nSPS) is 15.8. The molecule has 0 aromatic heterocycles. The lowest BCUT2D eigenvalue weighted by atomic mass is 10.2. The number of morpholine rings is 1. The van der Waals surface area contributed by atoms with Crippen molar-refractivity contribution >= 4 is 27.7 Å². The molecule has 1 saturated heterocycles. The molecule has 8 heteroatoms. The summed E-state index contributed by atoms with van der Waals surface area (Å²) in [6.45, 7) is 1.77. The third-order valence-corrected chi connectivity index (χ3v) is 5.32. The zero-order chi connectivity index (χ0) is 16.0. The molecule has 1 N–H and O–H groups in total. The lowest BCUT2D eigenvalue weighted by Crippen LogP contribution is -2.45. The van der Waals surface area contributed by atoms with Crippen molar-refractivity contribution in [1.82, 2.24) is 9.62 Å². The van der Waals surface area contributed by atoms with E-state index in [-0.39, 0.29) is 17.3 Å². The Morgan fingerprint density at radius 1 is 1.36 bits per heavy atom. The Bertz CT molecular complexity index is 613. The molecule has 0 unspecified atom stereocenters. The van der Waals surface area contributed by atoms with Crippen LogP contribution in [0.25, 0.3) is 0 Å². The molecule has 0 aliphatic carbocycles.